The second-order valence-corrected chi connectivity index (χ2v) is 3.71. The van der Waals surface area contributed by atoms with Gasteiger partial charge in [-0.3, -0.25) is 9.59 Å². The highest BCUT2D eigenvalue weighted by Crippen LogP contribution is 2.27. The molecule has 5 nitrogen and oxygen atoms in total. The standard InChI is InChI=1S/C12H12FN3O2/c1-7-5-9(13)6-10(12(7)15-8(2)17)16-11(18)3-4-14/h5-6H,3H2,1-2H3,(H,15,17)(H,16,18). The number of aryl methyl sites for hydroxylation is 1. The molecule has 0 saturated heterocycles. The first-order valence-corrected chi connectivity index (χ1v) is 5.18. The first-order chi connectivity index (χ1) is 8.43. The maximum Gasteiger partial charge on any atom is 0.238 e. The molecule has 94 valence electrons. The molecule has 0 unspecified atom stereocenters. The molecule has 1 aromatic carbocycles. The molecule has 1 rings (SSSR count). The summed E-state index contributed by atoms with van der Waals surface area (Å²) < 4.78 is 13.3. The van der Waals surface area contributed by atoms with Gasteiger partial charge in [0.15, 0.2) is 0 Å². The van der Waals surface area contributed by atoms with Crippen LogP contribution in [0.4, 0.5) is 15.8 Å². The summed E-state index contributed by atoms with van der Waals surface area (Å²) in [5.41, 5.74) is 0.954. The summed E-state index contributed by atoms with van der Waals surface area (Å²) in [7, 11) is 0. The number of carbonyl (C=O) groups is 2. The van der Waals surface area contributed by atoms with Crippen LogP contribution in [0.15, 0.2) is 12.1 Å². The number of benzene rings is 1. The zero-order valence-electron chi connectivity index (χ0n) is 10.0. The van der Waals surface area contributed by atoms with Gasteiger partial charge in [0.25, 0.3) is 0 Å². The second-order valence-electron chi connectivity index (χ2n) is 3.71. The van der Waals surface area contributed by atoms with Crippen molar-refractivity contribution in [3.8, 4) is 6.07 Å². The smallest absolute Gasteiger partial charge is 0.238 e. The van der Waals surface area contributed by atoms with Crippen molar-refractivity contribution < 1.29 is 14.0 Å². The highest BCUT2D eigenvalue weighted by Gasteiger charge is 2.12. The Bertz CT molecular complexity index is 535. The number of amides is 2. The molecule has 1 aromatic rings. The average molecular weight is 249 g/mol. The minimum atomic E-state index is -0.561. The molecule has 18 heavy (non-hydrogen) atoms. The lowest BCUT2D eigenvalue weighted by Gasteiger charge is -2.13. The Balaban J connectivity index is 3.11. The molecule has 2 N–H and O–H groups in total. The largest absolute Gasteiger partial charge is 0.324 e. The van der Waals surface area contributed by atoms with Gasteiger partial charge in [0.2, 0.25) is 11.8 Å². The third-order valence-electron chi connectivity index (χ3n) is 2.12. The average Bonchev–Trinajstić information content (AvgIpc) is 2.23. The van der Waals surface area contributed by atoms with Crippen LogP contribution in [-0.4, -0.2) is 11.8 Å². The number of hydrogen-bond donors (Lipinski definition) is 2. The first-order valence-electron chi connectivity index (χ1n) is 5.18. The van der Waals surface area contributed by atoms with Gasteiger partial charge in [-0.2, -0.15) is 5.26 Å². The summed E-state index contributed by atoms with van der Waals surface area (Å²) in [6, 6.07) is 4.02. The van der Waals surface area contributed by atoms with E-state index in [4.69, 9.17) is 5.26 Å². The van der Waals surface area contributed by atoms with Gasteiger partial charge >= 0.3 is 0 Å². The van der Waals surface area contributed by atoms with Gasteiger partial charge in [-0.05, 0) is 24.6 Å². The topological polar surface area (TPSA) is 82.0 Å². The van der Waals surface area contributed by atoms with Crippen LogP contribution in [0.25, 0.3) is 0 Å². The number of hydrogen-bond acceptors (Lipinski definition) is 3. The number of rotatable bonds is 3. The van der Waals surface area contributed by atoms with E-state index in [1.165, 1.54) is 13.0 Å². The number of nitriles is 1. The zero-order valence-corrected chi connectivity index (χ0v) is 10.0. The third-order valence-corrected chi connectivity index (χ3v) is 2.12. The molecule has 0 saturated carbocycles. The SMILES string of the molecule is CC(=O)Nc1c(C)cc(F)cc1NC(=O)CC#N. The molecule has 0 radical (unpaired) electrons. The van der Waals surface area contributed by atoms with E-state index in [1.807, 2.05) is 0 Å². The number of carbonyl (C=O) groups excluding carboxylic acids is 2. The van der Waals surface area contributed by atoms with Gasteiger partial charge in [-0.15, -0.1) is 0 Å². The summed E-state index contributed by atoms with van der Waals surface area (Å²) in [5, 5.41) is 13.3. The lowest BCUT2D eigenvalue weighted by Crippen LogP contribution is -2.15. The molecule has 0 bridgehead atoms. The molecule has 0 aliphatic carbocycles. The van der Waals surface area contributed by atoms with E-state index >= 15 is 0 Å². The molecular weight excluding hydrogens is 237 g/mol. The molecule has 0 heterocycles. The second kappa shape index (κ2) is 5.77. The lowest BCUT2D eigenvalue weighted by atomic mass is 10.1. The Labute approximate surface area is 104 Å². The van der Waals surface area contributed by atoms with E-state index in [2.05, 4.69) is 10.6 Å². The van der Waals surface area contributed by atoms with Crippen molar-refractivity contribution in [2.45, 2.75) is 20.3 Å². The van der Waals surface area contributed by atoms with Gasteiger partial charge in [0.05, 0.1) is 17.4 Å². The summed E-state index contributed by atoms with van der Waals surface area (Å²) in [4.78, 5) is 22.3. The maximum absolute atomic E-state index is 13.3. The predicted molar refractivity (Wildman–Crippen MR) is 64.3 cm³/mol. The Morgan fingerprint density at radius 1 is 1.39 bits per heavy atom. The summed E-state index contributed by atoms with van der Waals surface area (Å²) >= 11 is 0. The maximum atomic E-state index is 13.3. The summed E-state index contributed by atoms with van der Waals surface area (Å²) in [6.45, 7) is 2.91. The monoisotopic (exact) mass is 249 g/mol. The number of halogens is 1. The molecule has 6 heteroatoms. The highest BCUT2D eigenvalue weighted by molar-refractivity contribution is 6.00. The zero-order chi connectivity index (χ0) is 13.7. The van der Waals surface area contributed by atoms with Gasteiger partial charge in [0.1, 0.15) is 12.2 Å². The van der Waals surface area contributed by atoms with Crippen LogP contribution in [0.5, 0.6) is 0 Å². The van der Waals surface area contributed by atoms with E-state index in [9.17, 15) is 14.0 Å². The Morgan fingerprint density at radius 2 is 2.06 bits per heavy atom. The Morgan fingerprint density at radius 3 is 2.61 bits per heavy atom. The summed E-state index contributed by atoms with van der Waals surface area (Å²) in [5.74, 6) is -1.43. The minimum Gasteiger partial charge on any atom is -0.324 e. The molecule has 0 aromatic heterocycles. The Kier molecular flexibility index (Phi) is 4.38. The van der Waals surface area contributed by atoms with Gasteiger partial charge in [-0.25, -0.2) is 4.39 Å². The molecule has 0 fully saturated rings. The Hall–Kier alpha value is -2.42. The van der Waals surface area contributed by atoms with Crippen LogP contribution < -0.4 is 10.6 Å². The lowest BCUT2D eigenvalue weighted by molar-refractivity contribution is -0.115. The van der Waals surface area contributed by atoms with Crippen LogP contribution >= 0.6 is 0 Å². The van der Waals surface area contributed by atoms with Crippen molar-refractivity contribution in [3.63, 3.8) is 0 Å². The van der Waals surface area contributed by atoms with Gasteiger partial charge in [0, 0.05) is 6.92 Å². The first kappa shape index (κ1) is 13.6. The van der Waals surface area contributed by atoms with Gasteiger partial charge in [-0.1, -0.05) is 0 Å². The molecule has 2 amide bonds. The van der Waals surface area contributed by atoms with Crippen molar-refractivity contribution in [2.75, 3.05) is 10.6 Å². The number of nitrogens with one attached hydrogen (secondary N) is 2. The van der Waals surface area contributed by atoms with Crippen molar-refractivity contribution >= 4 is 23.2 Å². The predicted octanol–water partition coefficient (Wildman–Crippen LogP) is 1.94. The molecule has 0 atom stereocenters. The van der Waals surface area contributed by atoms with Crippen molar-refractivity contribution in [1.29, 1.82) is 5.26 Å². The molecular formula is C12H12FN3O2. The van der Waals surface area contributed by atoms with Crippen LogP contribution in [0.2, 0.25) is 0 Å². The molecule has 0 spiro atoms. The van der Waals surface area contributed by atoms with Crippen LogP contribution in [0.3, 0.4) is 0 Å². The van der Waals surface area contributed by atoms with E-state index < -0.39 is 11.7 Å². The third kappa shape index (κ3) is 3.56. The normalized spacial score (nSPS) is 9.44. The molecule has 0 aliphatic heterocycles. The summed E-state index contributed by atoms with van der Waals surface area (Å²) in [6.07, 6.45) is -0.338. The van der Waals surface area contributed by atoms with Crippen molar-refractivity contribution in [1.82, 2.24) is 0 Å². The fraction of sp³-hybridized carbons (Fsp3) is 0.250. The van der Waals surface area contributed by atoms with E-state index in [1.54, 1.807) is 13.0 Å². The van der Waals surface area contributed by atoms with Crippen LogP contribution in [-0.2, 0) is 9.59 Å². The number of nitrogens with zero attached hydrogens (tertiary/aromatic N) is 1. The van der Waals surface area contributed by atoms with Crippen LogP contribution in [0, 0.1) is 24.1 Å². The van der Waals surface area contributed by atoms with E-state index in [0.29, 0.717) is 11.3 Å². The minimum absolute atomic E-state index is 0.142. The van der Waals surface area contributed by atoms with E-state index in [-0.39, 0.29) is 18.0 Å². The highest BCUT2D eigenvalue weighted by atomic mass is 19.1. The quantitative estimate of drug-likeness (QED) is 0.858. The number of anilines is 2. The van der Waals surface area contributed by atoms with Crippen molar-refractivity contribution in [3.05, 3.63) is 23.5 Å². The molecule has 0 aliphatic rings. The van der Waals surface area contributed by atoms with Crippen molar-refractivity contribution in [2.24, 2.45) is 0 Å². The van der Waals surface area contributed by atoms with E-state index in [0.717, 1.165) is 6.07 Å². The fourth-order valence-electron chi connectivity index (χ4n) is 1.45. The van der Waals surface area contributed by atoms with Crippen LogP contribution in [0.1, 0.15) is 18.9 Å². The van der Waals surface area contributed by atoms with Gasteiger partial charge < -0.3 is 10.6 Å². The fourth-order valence-corrected chi connectivity index (χ4v) is 1.45.